The third-order valence-corrected chi connectivity index (χ3v) is 4.73. The molecule has 0 saturated heterocycles. The summed E-state index contributed by atoms with van der Waals surface area (Å²) in [6.07, 6.45) is 0. The normalized spacial score (nSPS) is 10.3. The molecule has 0 fully saturated rings. The summed E-state index contributed by atoms with van der Waals surface area (Å²) in [6, 6.07) is 10.8. The minimum Gasteiger partial charge on any atom is -0.460 e. The first-order chi connectivity index (χ1) is 16.8. The van der Waals surface area contributed by atoms with Gasteiger partial charge in [-0.2, -0.15) is 5.11 Å². The molecular formula is C24H24N4O6S. The Morgan fingerprint density at radius 3 is 2.49 bits per heavy atom. The van der Waals surface area contributed by atoms with Gasteiger partial charge in [0.2, 0.25) is 0 Å². The zero-order valence-corrected chi connectivity index (χ0v) is 20.2. The summed E-state index contributed by atoms with van der Waals surface area (Å²) in [6.45, 7) is 8.34. The predicted molar refractivity (Wildman–Crippen MR) is 134 cm³/mol. The van der Waals surface area contributed by atoms with Crippen molar-refractivity contribution in [3.05, 3.63) is 70.3 Å². The van der Waals surface area contributed by atoms with Crippen LogP contribution < -0.4 is 4.90 Å². The maximum atomic E-state index is 12.0. The second-order valence-corrected chi connectivity index (χ2v) is 7.26. The molecule has 35 heavy (non-hydrogen) atoms. The Morgan fingerprint density at radius 1 is 1.17 bits per heavy atom. The van der Waals surface area contributed by atoms with Crippen molar-refractivity contribution >= 4 is 47.3 Å². The third-order valence-electron chi connectivity index (χ3n) is 4.57. The van der Waals surface area contributed by atoms with E-state index < -0.39 is 16.9 Å². The lowest BCUT2D eigenvalue weighted by molar-refractivity contribution is -0.384. The zero-order valence-electron chi connectivity index (χ0n) is 19.3. The van der Waals surface area contributed by atoms with Crippen molar-refractivity contribution in [2.75, 3.05) is 31.2 Å². The number of ether oxygens (including phenoxy) is 2. The summed E-state index contributed by atoms with van der Waals surface area (Å²) >= 11 is 3.68. The summed E-state index contributed by atoms with van der Waals surface area (Å²) in [5.74, 6) is 1.26. The van der Waals surface area contributed by atoms with Crippen molar-refractivity contribution in [3.8, 4) is 11.2 Å². The number of azo groups is 1. The van der Waals surface area contributed by atoms with Crippen molar-refractivity contribution in [1.29, 1.82) is 0 Å². The Morgan fingerprint density at radius 2 is 1.89 bits per heavy atom. The van der Waals surface area contributed by atoms with Gasteiger partial charge in [0.1, 0.15) is 6.61 Å². The maximum absolute atomic E-state index is 12.0. The van der Waals surface area contributed by atoms with Gasteiger partial charge in [-0.1, -0.05) is 25.1 Å². The standard InChI is InChI=1S/C24H24N4O6S/c1-4-27(12-14-34-23(29)17(2)3)20-9-7-19(8-10-20)25-26-21-11-6-18(16-22(21)28(31)32)24(30)33-13-5-15-35/h6-11,16,35H,2,4,12-14H2,1,3H3/b26-25+. The Labute approximate surface area is 208 Å². The van der Waals surface area contributed by atoms with Crippen LogP contribution in [0.5, 0.6) is 0 Å². The fourth-order valence-corrected chi connectivity index (χ4v) is 2.85. The lowest BCUT2D eigenvalue weighted by atomic mass is 10.2. The molecule has 0 spiro atoms. The first-order valence-electron chi connectivity index (χ1n) is 10.4. The Hall–Kier alpha value is -4.17. The number of hydrogen-bond acceptors (Lipinski definition) is 10. The fraction of sp³-hybridized carbons (Fsp3) is 0.250. The summed E-state index contributed by atoms with van der Waals surface area (Å²) in [7, 11) is 0. The number of esters is 2. The SMILES string of the molecule is C=C(C)C(=O)OCCN(CC)c1ccc(/N=N/c2ccc(C(=O)OCC#CS)cc2[N+](=O)[O-])cc1. The molecular weight excluding hydrogens is 472 g/mol. The van der Waals surface area contributed by atoms with E-state index in [4.69, 9.17) is 9.47 Å². The van der Waals surface area contributed by atoms with Crippen LogP contribution in [0.25, 0.3) is 0 Å². The zero-order chi connectivity index (χ0) is 25.8. The molecule has 0 aromatic heterocycles. The summed E-state index contributed by atoms with van der Waals surface area (Å²) in [5.41, 5.74) is 1.30. The number of nitrogens with zero attached hydrogens (tertiary/aromatic N) is 4. The van der Waals surface area contributed by atoms with Crippen molar-refractivity contribution in [3.63, 3.8) is 0 Å². The molecule has 0 amide bonds. The lowest BCUT2D eigenvalue weighted by Gasteiger charge is -2.22. The van der Waals surface area contributed by atoms with Gasteiger partial charge in [-0.25, -0.2) is 9.59 Å². The quantitative estimate of drug-likeness (QED) is 0.0883. The summed E-state index contributed by atoms with van der Waals surface area (Å²) in [4.78, 5) is 36.3. The molecule has 0 radical (unpaired) electrons. The number of nitro groups is 1. The number of carbonyl (C=O) groups excluding carboxylic acids is 2. The predicted octanol–water partition coefficient (Wildman–Crippen LogP) is 5.00. The monoisotopic (exact) mass is 496 g/mol. The molecule has 0 saturated carbocycles. The average molecular weight is 497 g/mol. The number of likely N-dealkylation sites (N-methyl/N-ethyl adjacent to an activating group) is 1. The second-order valence-electron chi connectivity index (χ2n) is 7.04. The minimum atomic E-state index is -0.752. The van der Waals surface area contributed by atoms with Gasteiger partial charge < -0.3 is 14.4 Å². The Bertz CT molecular complexity index is 1180. The second kappa shape index (κ2) is 13.5. The highest BCUT2D eigenvalue weighted by Crippen LogP contribution is 2.30. The van der Waals surface area contributed by atoms with Gasteiger partial charge in [-0.05, 0) is 55.5 Å². The highest BCUT2D eigenvalue weighted by atomic mass is 32.1. The van der Waals surface area contributed by atoms with Gasteiger partial charge in [0.05, 0.1) is 22.7 Å². The van der Waals surface area contributed by atoms with Crippen LogP contribution in [-0.2, 0) is 14.3 Å². The van der Waals surface area contributed by atoms with Gasteiger partial charge in [0, 0.05) is 23.9 Å². The number of hydrogen-bond donors (Lipinski definition) is 1. The van der Waals surface area contributed by atoms with E-state index in [9.17, 15) is 19.7 Å². The topological polar surface area (TPSA) is 124 Å². The molecule has 11 heteroatoms. The van der Waals surface area contributed by atoms with Crippen LogP contribution in [0.4, 0.5) is 22.7 Å². The van der Waals surface area contributed by atoms with E-state index in [0.717, 1.165) is 11.8 Å². The molecule has 0 N–H and O–H groups in total. The number of nitro benzene ring substituents is 1. The molecule has 0 aliphatic carbocycles. The fourth-order valence-electron chi connectivity index (χ4n) is 2.78. The van der Waals surface area contributed by atoms with Gasteiger partial charge in [-0.3, -0.25) is 10.1 Å². The van der Waals surface area contributed by atoms with Crippen LogP contribution in [0.3, 0.4) is 0 Å². The molecule has 2 aromatic rings. The Balaban J connectivity index is 2.10. The van der Waals surface area contributed by atoms with Crippen molar-refractivity contribution in [2.24, 2.45) is 10.2 Å². The largest absolute Gasteiger partial charge is 0.460 e. The molecule has 0 unspecified atom stereocenters. The van der Waals surface area contributed by atoms with Gasteiger partial charge >= 0.3 is 11.9 Å². The first-order valence-corrected chi connectivity index (χ1v) is 10.9. The van der Waals surface area contributed by atoms with Gasteiger partial charge in [-0.15, -0.1) is 5.11 Å². The molecule has 0 bridgehead atoms. The number of thiol groups is 1. The van der Waals surface area contributed by atoms with Crippen LogP contribution in [0.1, 0.15) is 24.2 Å². The van der Waals surface area contributed by atoms with Crippen LogP contribution in [-0.4, -0.2) is 43.2 Å². The molecule has 182 valence electrons. The summed E-state index contributed by atoms with van der Waals surface area (Å²) in [5, 5.41) is 21.8. The van der Waals surface area contributed by atoms with E-state index in [0.29, 0.717) is 24.4 Å². The lowest BCUT2D eigenvalue weighted by Crippen LogP contribution is -2.28. The van der Waals surface area contributed by atoms with E-state index in [-0.39, 0.29) is 30.2 Å². The Kier molecular flexibility index (Phi) is 10.5. The van der Waals surface area contributed by atoms with Crippen molar-refractivity contribution < 1.29 is 24.0 Å². The smallest absolute Gasteiger partial charge is 0.339 e. The van der Waals surface area contributed by atoms with E-state index >= 15 is 0 Å². The van der Waals surface area contributed by atoms with Gasteiger partial charge in [0.25, 0.3) is 5.69 Å². The van der Waals surface area contributed by atoms with Crippen molar-refractivity contribution in [1.82, 2.24) is 0 Å². The van der Waals surface area contributed by atoms with Crippen LogP contribution in [0, 0.1) is 21.3 Å². The molecule has 0 aliphatic rings. The van der Waals surface area contributed by atoms with Gasteiger partial charge in [0.15, 0.2) is 12.3 Å². The third kappa shape index (κ3) is 8.28. The van der Waals surface area contributed by atoms with Crippen molar-refractivity contribution in [2.45, 2.75) is 13.8 Å². The molecule has 10 nitrogen and oxygen atoms in total. The number of anilines is 1. The molecule has 0 atom stereocenters. The number of rotatable bonds is 11. The van der Waals surface area contributed by atoms with E-state index in [1.807, 2.05) is 24.0 Å². The number of benzene rings is 2. The molecule has 0 aliphatic heterocycles. The molecule has 2 aromatic carbocycles. The molecule has 2 rings (SSSR count). The van der Waals surface area contributed by atoms with Crippen LogP contribution in [0.2, 0.25) is 0 Å². The van der Waals surface area contributed by atoms with E-state index in [1.54, 1.807) is 19.1 Å². The van der Waals surface area contributed by atoms with Crippen LogP contribution >= 0.6 is 12.6 Å². The van der Waals surface area contributed by atoms with E-state index in [1.165, 1.54) is 12.1 Å². The summed E-state index contributed by atoms with van der Waals surface area (Å²) < 4.78 is 10.0. The highest BCUT2D eigenvalue weighted by Gasteiger charge is 2.18. The number of carbonyl (C=O) groups is 2. The average Bonchev–Trinajstić information content (AvgIpc) is 2.85. The maximum Gasteiger partial charge on any atom is 0.339 e. The minimum absolute atomic E-state index is 0.00504. The first kappa shape index (κ1) is 27.1. The highest BCUT2D eigenvalue weighted by molar-refractivity contribution is 7.85. The molecule has 0 heterocycles. The van der Waals surface area contributed by atoms with Crippen LogP contribution in [0.15, 0.2) is 64.8 Å². The van der Waals surface area contributed by atoms with E-state index in [2.05, 4.69) is 40.6 Å².